The molecule has 1 atom stereocenters. The molecule has 76 valence electrons. The highest BCUT2D eigenvalue weighted by atomic mass is 32.2. The first kappa shape index (κ1) is 11.1. The van der Waals surface area contributed by atoms with Gasteiger partial charge in [0.15, 0.2) is 0 Å². The number of aryl methyl sites for hydroxylation is 1. The fourth-order valence-corrected chi connectivity index (χ4v) is 1.93. The summed E-state index contributed by atoms with van der Waals surface area (Å²) < 4.78 is 0. The summed E-state index contributed by atoms with van der Waals surface area (Å²) in [7, 11) is 0. The van der Waals surface area contributed by atoms with Gasteiger partial charge < -0.3 is 10.8 Å². The van der Waals surface area contributed by atoms with Crippen molar-refractivity contribution in [3.8, 4) is 5.75 Å². The van der Waals surface area contributed by atoms with Crippen LogP contribution in [0.15, 0.2) is 29.7 Å². The summed E-state index contributed by atoms with van der Waals surface area (Å²) in [6.45, 7) is 5.58. The number of hydrogen-bond donors (Lipinski definition) is 2. The van der Waals surface area contributed by atoms with Crippen LogP contribution in [0.2, 0.25) is 0 Å². The van der Waals surface area contributed by atoms with Crippen LogP contribution in [-0.4, -0.2) is 11.4 Å². The van der Waals surface area contributed by atoms with E-state index in [1.165, 1.54) is 0 Å². The van der Waals surface area contributed by atoms with Crippen molar-refractivity contribution < 1.29 is 5.11 Å². The van der Waals surface area contributed by atoms with E-state index < -0.39 is 0 Å². The maximum Gasteiger partial charge on any atom is 0.121 e. The second-order valence-corrected chi connectivity index (χ2v) is 3.99. The minimum atomic E-state index is -0.304. The topological polar surface area (TPSA) is 46.2 Å². The lowest BCUT2D eigenvalue weighted by Crippen LogP contribution is -2.07. The van der Waals surface area contributed by atoms with Crippen LogP contribution in [-0.2, 0) is 0 Å². The smallest absolute Gasteiger partial charge is 0.121 e. The van der Waals surface area contributed by atoms with Gasteiger partial charge in [-0.05, 0) is 30.9 Å². The van der Waals surface area contributed by atoms with Gasteiger partial charge in [0.25, 0.3) is 0 Å². The molecule has 1 aromatic rings. The standard InChI is InChI=1S/C11H15NOS/c1-4-9(12)8-6-11(14-3)7(2)5-10(8)13/h4-6,9,13H,1,12H2,2-3H3/t9-/m0/s1. The molecule has 0 saturated carbocycles. The van der Waals surface area contributed by atoms with E-state index in [2.05, 4.69) is 6.58 Å². The molecule has 0 radical (unpaired) electrons. The van der Waals surface area contributed by atoms with Crippen LogP contribution in [0, 0.1) is 6.92 Å². The molecule has 0 fully saturated rings. The van der Waals surface area contributed by atoms with Crippen molar-refractivity contribution in [3.05, 3.63) is 35.9 Å². The second-order valence-electron chi connectivity index (χ2n) is 3.14. The summed E-state index contributed by atoms with van der Waals surface area (Å²) in [4.78, 5) is 1.13. The molecule has 3 N–H and O–H groups in total. The van der Waals surface area contributed by atoms with Crippen LogP contribution in [0.3, 0.4) is 0 Å². The predicted octanol–water partition coefficient (Wildman–Crippen LogP) is 2.61. The van der Waals surface area contributed by atoms with E-state index in [4.69, 9.17) is 5.73 Å². The molecule has 2 nitrogen and oxygen atoms in total. The van der Waals surface area contributed by atoms with Gasteiger partial charge in [0.2, 0.25) is 0 Å². The predicted molar refractivity (Wildman–Crippen MR) is 61.8 cm³/mol. The molecule has 14 heavy (non-hydrogen) atoms. The van der Waals surface area contributed by atoms with E-state index in [1.807, 2.05) is 19.2 Å². The Labute approximate surface area is 88.8 Å². The number of rotatable bonds is 3. The van der Waals surface area contributed by atoms with Gasteiger partial charge in [-0.3, -0.25) is 0 Å². The highest BCUT2D eigenvalue weighted by Gasteiger charge is 2.10. The summed E-state index contributed by atoms with van der Waals surface area (Å²) in [5.41, 5.74) is 7.58. The van der Waals surface area contributed by atoms with Crippen molar-refractivity contribution in [1.82, 2.24) is 0 Å². The van der Waals surface area contributed by atoms with Gasteiger partial charge in [-0.25, -0.2) is 0 Å². The van der Waals surface area contributed by atoms with Gasteiger partial charge >= 0.3 is 0 Å². The van der Waals surface area contributed by atoms with Crippen LogP contribution in [0.1, 0.15) is 17.2 Å². The third-order valence-electron chi connectivity index (χ3n) is 2.16. The molecule has 1 aromatic carbocycles. The molecule has 3 heteroatoms. The summed E-state index contributed by atoms with van der Waals surface area (Å²) in [6.07, 6.45) is 3.62. The Balaban J connectivity index is 3.23. The normalized spacial score (nSPS) is 12.5. The number of thioether (sulfide) groups is 1. The van der Waals surface area contributed by atoms with Gasteiger partial charge in [0.1, 0.15) is 5.75 Å². The fraction of sp³-hybridized carbons (Fsp3) is 0.273. The first-order chi connectivity index (χ1) is 6.60. The molecule has 0 spiro atoms. The van der Waals surface area contributed by atoms with Crippen molar-refractivity contribution in [1.29, 1.82) is 0 Å². The van der Waals surface area contributed by atoms with Gasteiger partial charge in [-0.1, -0.05) is 6.08 Å². The lowest BCUT2D eigenvalue weighted by Gasteiger charge is -2.12. The van der Waals surface area contributed by atoms with Crippen LogP contribution in [0.5, 0.6) is 5.75 Å². The van der Waals surface area contributed by atoms with Crippen molar-refractivity contribution in [2.24, 2.45) is 5.73 Å². The van der Waals surface area contributed by atoms with Gasteiger partial charge in [-0.2, -0.15) is 0 Å². The number of nitrogens with two attached hydrogens (primary N) is 1. The maximum atomic E-state index is 9.68. The largest absolute Gasteiger partial charge is 0.508 e. The zero-order valence-electron chi connectivity index (χ0n) is 8.45. The minimum Gasteiger partial charge on any atom is -0.508 e. The lowest BCUT2D eigenvalue weighted by molar-refractivity contribution is 0.464. The Hall–Kier alpha value is -0.930. The van der Waals surface area contributed by atoms with E-state index in [1.54, 1.807) is 23.9 Å². The Kier molecular flexibility index (Phi) is 3.61. The van der Waals surface area contributed by atoms with Gasteiger partial charge in [-0.15, -0.1) is 18.3 Å². The third-order valence-corrected chi connectivity index (χ3v) is 3.04. The minimum absolute atomic E-state index is 0.243. The molecule has 0 aliphatic rings. The zero-order chi connectivity index (χ0) is 10.7. The van der Waals surface area contributed by atoms with Gasteiger partial charge in [0, 0.05) is 10.5 Å². The molecule has 0 aliphatic heterocycles. The SMILES string of the molecule is C=C[C@H](N)c1cc(SC)c(C)cc1O. The average molecular weight is 209 g/mol. The quantitative estimate of drug-likeness (QED) is 0.594. The number of phenolic OH excluding ortho intramolecular Hbond substituents is 1. The highest BCUT2D eigenvalue weighted by Crippen LogP contribution is 2.31. The molecule has 1 rings (SSSR count). The number of aromatic hydroxyl groups is 1. The van der Waals surface area contributed by atoms with Crippen LogP contribution in [0.25, 0.3) is 0 Å². The summed E-state index contributed by atoms with van der Waals surface area (Å²) in [6, 6.07) is 3.35. The Morgan fingerprint density at radius 1 is 1.57 bits per heavy atom. The average Bonchev–Trinajstić information content (AvgIpc) is 2.17. The molecule has 0 aromatic heterocycles. The highest BCUT2D eigenvalue weighted by molar-refractivity contribution is 7.98. The summed E-state index contributed by atoms with van der Waals surface area (Å²) in [5.74, 6) is 0.243. The lowest BCUT2D eigenvalue weighted by atomic mass is 10.0. The first-order valence-corrected chi connectivity index (χ1v) is 5.58. The molecule has 0 unspecified atom stereocenters. The Bertz CT molecular complexity index is 349. The van der Waals surface area contributed by atoms with E-state index >= 15 is 0 Å². The third kappa shape index (κ3) is 2.11. The molecular formula is C11H15NOS. The number of phenols is 1. The monoisotopic (exact) mass is 209 g/mol. The molecule has 0 bridgehead atoms. The molecule has 0 aliphatic carbocycles. The molecule has 0 heterocycles. The van der Waals surface area contributed by atoms with Crippen LogP contribution >= 0.6 is 11.8 Å². The Morgan fingerprint density at radius 3 is 2.71 bits per heavy atom. The van der Waals surface area contributed by atoms with Crippen LogP contribution < -0.4 is 5.73 Å². The summed E-state index contributed by atoms with van der Waals surface area (Å²) in [5, 5.41) is 9.68. The second kappa shape index (κ2) is 4.53. The number of benzene rings is 1. The van der Waals surface area contributed by atoms with E-state index in [9.17, 15) is 5.11 Å². The van der Waals surface area contributed by atoms with Crippen molar-refractivity contribution in [3.63, 3.8) is 0 Å². The van der Waals surface area contributed by atoms with Crippen molar-refractivity contribution in [2.75, 3.05) is 6.26 Å². The van der Waals surface area contributed by atoms with E-state index in [0.29, 0.717) is 0 Å². The first-order valence-electron chi connectivity index (χ1n) is 4.35. The van der Waals surface area contributed by atoms with E-state index in [-0.39, 0.29) is 11.8 Å². The van der Waals surface area contributed by atoms with Gasteiger partial charge in [0.05, 0.1) is 6.04 Å². The van der Waals surface area contributed by atoms with Crippen LogP contribution in [0.4, 0.5) is 0 Å². The van der Waals surface area contributed by atoms with E-state index in [0.717, 1.165) is 16.0 Å². The molecule has 0 saturated heterocycles. The van der Waals surface area contributed by atoms with Crippen molar-refractivity contribution in [2.45, 2.75) is 17.9 Å². The Morgan fingerprint density at radius 2 is 2.21 bits per heavy atom. The zero-order valence-corrected chi connectivity index (χ0v) is 9.27. The maximum absolute atomic E-state index is 9.68. The number of hydrogen-bond acceptors (Lipinski definition) is 3. The summed E-state index contributed by atoms with van der Waals surface area (Å²) >= 11 is 1.65. The fourth-order valence-electron chi connectivity index (χ4n) is 1.30. The van der Waals surface area contributed by atoms with Crippen molar-refractivity contribution >= 4 is 11.8 Å². The molecular weight excluding hydrogens is 194 g/mol. The molecule has 0 amide bonds.